The first-order valence-corrected chi connectivity index (χ1v) is 7.70. The average Bonchev–Trinajstić information content (AvgIpc) is 2.38. The van der Waals surface area contributed by atoms with E-state index >= 15 is 0 Å². The third-order valence-corrected chi connectivity index (χ3v) is 2.96. The molecule has 2 unspecified atom stereocenters. The Labute approximate surface area is 118 Å². The lowest BCUT2D eigenvalue weighted by Crippen LogP contribution is -2.07. The van der Waals surface area contributed by atoms with Gasteiger partial charge in [-0.2, -0.15) is 0 Å². The number of unbranched alkanes of at least 4 members (excludes halogenated alkanes) is 3. The molecule has 0 aromatic heterocycles. The lowest BCUT2D eigenvalue weighted by Gasteiger charge is -2.06. The van der Waals surface area contributed by atoms with Crippen LogP contribution >= 0.6 is 0 Å². The Balaban J connectivity index is 0. The molecule has 0 spiro atoms. The average molecular weight is 278 g/mol. The van der Waals surface area contributed by atoms with E-state index in [0.29, 0.717) is 12.8 Å². The van der Waals surface area contributed by atoms with E-state index in [-0.39, 0.29) is 25.4 Å². The largest absolute Gasteiger partial charge is 0.396 e. The van der Waals surface area contributed by atoms with Crippen molar-refractivity contribution in [2.75, 3.05) is 13.2 Å². The van der Waals surface area contributed by atoms with Crippen LogP contribution in [0.1, 0.15) is 71.6 Å². The van der Waals surface area contributed by atoms with E-state index in [4.69, 9.17) is 20.4 Å². The van der Waals surface area contributed by atoms with Crippen LogP contribution in [0.3, 0.4) is 0 Å². The van der Waals surface area contributed by atoms with Crippen molar-refractivity contribution in [2.45, 2.75) is 83.8 Å². The van der Waals surface area contributed by atoms with Crippen molar-refractivity contribution in [1.29, 1.82) is 0 Å². The Morgan fingerprint density at radius 1 is 0.632 bits per heavy atom. The predicted octanol–water partition coefficient (Wildman–Crippen LogP) is 2.23. The van der Waals surface area contributed by atoms with Crippen LogP contribution in [-0.2, 0) is 0 Å². The third kappa shape index (κ3) is 20.3. The maximum atomic E-state index is 9.12. The Morgan fingerprint density at radius 3 is 1.42 bits per heavy atom. The van der Waals surface area contributed by atoms with Gasteiger partial charge in [0.25, 0.3) is 0 Å². The standard InChI is InChI=1S/C8H18O2.C7H16O2/c1-2-3-4-5-8(10)6-7-9;1-2-3-4-7(9)5-6-8/h8-10H,2-7H2,1H3;7-9H,2-6H2,1H3. The van der Waals surface area contributed by atoms with E-state index < -0.39 is 0 Å². The van der Waals surface area contributed by atoms with Crippen LogP contribution in [0.15, 0.2) is 0 Å². The molecule has 0 saturated heterocycles. The molecule has 0 aliphatic carbocycles. The van der Waals surface area contributed by atoms with E-state index in [2.05, 4.69) is 13.8 Å². The molecule has 4 N–H and O–H groups in total. The Morgan fingerprint density at radius 2 is 1.05 bits per heavy atom. The fraction of sp³-hybridized carbons (Fsp3) is 1.00. The van der Waals surface area contributed by atoms with E-state index in [1.807, 2.05) is 0 Å². The van der Waals surface area contributed by atoms with Crippen molar-refractivity contribution >= 4 is 0 Å². The highest BCUT2D eigenvalue weighted by Crippen LogP contribution is 2.05. The summed E-state index contributed by atoms with van der Waals surface area (Å²) >= 11 is 0. The van der Waals surface area contributed by atoms with Crippen molar-refractivity contribution in [3.8, 4) is 0 Å². The molecule has 0 bridgehead atoms. The quantitative estimate of drug-likeness (QED) is 0.437. The zero-order chi connectivity index (χ0) is 14.9. The van der Waals surface area contributed by atoms with Gasteiger partial charge < -0.3 is 20.4 Å². The first kappa shape index (κ1) is 21.1. The van der Waals surface area contributed by atoms with Crippen LogP contribution in [0, 0.1) is 0 Å². The van der Waals surface area contributed by atoms with Gasteiger partial charge in [-0.3, -0.25) is 0 Å². The first-order valence-electron chi connectivity index (χ1n) is 7.70. The van der Waals surface area contributed by atoms with Crippen LogP contribution < -0.4 is 0 Å². The van der Waals surface area contributed by atoms with Crippen molar-refractivity contribution in [3.05, 3.63) is 0 Å². The highest BCUT2D eigenvalue weighted by atomic mass is 16.3. The van der Waals surface area contributed by atoms with Gasteiger partial charge in [0.05, 0.1) is 12.2 Å². The molecule has 4 heteroatoms. The van der Waals surface area contributed by atoms with Crippen molar-refractivity contribution in [1.82, 2.24) is 0 Å². The summed E-state index contributed by atoms with van der Waals surface area (Å²) < 4.78 is 0. The molecule has 0 heterocycles. The van der Waals surface area contributed by atoms with E-state index in [9.17, 15) is 0 Å². The second-order valence-electron chi connectivity index (χ2n) is 4.97. The topological polar surface area (TPSA) is 80.9 Å². The third-order valence-electron chi connectivity index (χ3n) is 2.96. The lowest BCUT2D eigenvalue weighted by atomic mass is 10.1. The Bertz CT molecular complexity index is 153. The summed E-state index contributed by atoms with van der Waals surface area (Å²) in [6.07, 6.45) is 7.79. The summed E-state index contributed by atoms with van der Waals surface area (Å²) in [7, 11) is 0. The minimum atomic E-state index is -0.282. The molecule has 0 aromatic rings. The maximum absolute atomic E-state index is 9.12. The second kappa shape index (κ2) is 17.8. The smallest absolute Gasteiger partial charge is 0.0562 e. The number of hydrogen-bond donors (Lipinski definition) is 4. The van der Waals surface area contributed by atoms with Crippen LogP contribution in [-0.4, -0.2) is 45.8 Å². The summed E-state index contributed by atoms with van der Waals surface area (Å²) in [5.41, 5.74) is 0. The van der Waals surface area contributed by atoms with Gasteiger partial charge in [0.15, 0.2) is 0 Å². The monoisotopic (exact) mass is 278 g/mol. The van der Waals surface area contributed by atoms with Crippen LogP contribution in [0.2, 0.25) is 0 Å². The molecular weight excluding hydrogens is 244 g/mol. The van der Waals surface area contributed by atoms with Gasteiger partial charge in [-0.25, -0.2) is 0 Å². The molecule has 0 radical (unpaired) electrons. The molecule has 0 rings (SSSR count). The zero-order valence-corrected chi connectivity index (χ0v) is 12.7. The van der Waals surface area contributed by atoms with E-state index in [1.165, 1.54) is 12.8 Å². The molecule has 2 atom stereocenters. The van der Waals surface area contributed by atoms with Crippen LogP contribution in [0.5, 0.6) is 0 Å². The molecule has 0 aliphatic rings. The summed E-state index contributed by atoms with van der Waals surface area (Å²) in [5.74, 6) is 0. The molecule has 19 heavy (non-hydrogen) atoms. The van der Waals surface area contributed by atoms with Crippen LogP contribution in [0.25, 0.3) is 0 Å². The molecule has 0 aromatic carbocycles. The van der Waals surface area contributed by atoms with Gasteiger partial charge >= 0.3 is 0 Å². The fourth-order valence-corrected chi connectivity index (χ4v) is 1.66. The summed E-state index contributed by atoms with van der Waals surface area (Å²) in [4.78, 5) is 0. The van der Waals surface area contributed by atoms with Gasteiger partial charge in [-0.05, 0) is 25.7 Å². The van der Waals surface area contributed by atoms with Gasteiger partial charge in [0.2, 0.25) is 0 Å². The maximum Gasteiger partial charge on any atom is 0.0562 e. The zero-order valence-electron chi connectivity index (χ0n) is 12.7. The van der Waals surface area contributed by atoms with Crippen LogP contribution in [0.4, 0.5) is 0 Å². The summed E-state index contributed by atoms with van der Waals surface area (Å²) in [6.45, 7) is 4.43. The molecule has 0 aliphatic heterocycles. The van der Waals surface area contributed by atoms with Gasteiger partial charge in [-0.15, -0.1) is 0 Å². The first-order chi connectivity index (χ1) is 9.12. The number of hydrogen-bond acceptors (Lipinski definition) is 4. The number of rotatable bonds is 11. The second-order valence-corrected chi connectivity index (χ2v) is 4.97. The molecule has 0 saturated carbocycles. The summed E-state index contributed by atoms with van der Waals surface area (Å²) in [5, 5.41) is 34.9. The molecular formula is C15H34O4. The van der Waals surface area contributed by atoms with Gasteiger partial charge in [0, 0.05) is 13.2 Å². The van der Waals surface area contributed by atoms with Gasteiger partial charge in [-0.1, -0.05) is 46.0 Å². The minimum Gasteiger partial charge on any atom is -0.396 e. The molecule has 4 nitrogen and oxygen atoms in total. The Hall–Kier alpha value is -0.160. The molecule has 0 fully saturated rings. The van der Waals surface area contributed by atoms with Crippen molar-refractivity contribution in [2.24, 2.45) is 0 Å². The van der Waals surface area contributed by atoms with E-state index in [0.717, 1.165) is 32.1 Å². The van der Waals surface area contributed by atoms with E-state index in [1.54, 1.807) is 0 Å². The highest BCUT2D eigenvalue weighted by Gasteiger charge is 2.01. The van der Waals surface area contributed by atoms with Crippen molar-refractivity contribution < 1.29 is 20.4 Å². The fourth-order valence-electron chi connectivity index (χ4n) is 1.66. The van der Waals surface area contributed by atoms with Crippen molar-refractivity contribution in [3.63, 3.8) is 0 Å². The SMILES string of the molecule is CCCCC(O)CCO.CCCCCC(O)CCO. The number of aliphatic hydroxyl groups is 4. The minimum absolute atomic E-state index is 0.102. The Kier molecular flexibility index (Phi) is 19.9. The molecule has 0 amide bonds. The van der Waals surface area contributed by atoms with Gasteiger partial charge in [0.1, 0.15) is 0 Å². The predicted molar refractivity (Wildman–Crippen MR) is 79.1 cm³/mol. The normalized spacial score (nSPS) is 13.6. The summed E-state index contributed by atoms with van der Waals surface area (Å²) in [6, 6.07) is 0. The highest BCUT2D eigenvalue weighted by molar-refractivity contribution is 4.54. The lowest BCUT2D eigenvalue weighted by molar-refractivity contribution is 0.122. The molecule has 118 valence electrons. The number of aliphatic hydroxyl groups excluding tert-OH is 4.